The molecule has 1 aromatic carbocycles. The molecule has 130 valence electrons. The van der Waals surface area contributed by atoms with E-state index in [0.29, 0.717) is 13.0 Å². The Balaban J connectivity index is 1.60. The van der Waals surface area contributed by atoms with Crippen LogP contribution in [0, 0.1) is 6.92 Å². The van der Waals surface area contributed by atoms with Crippen LogP contribution in [0.25, 0.3) is 10.6 Å². The van der Waals surface area contributed by atoms with Gasteiger partial charge >= 0.3 is 0 Å². The number of rotatable bonds is 7. The molecule has 0 radical (unpaired) electrons. The van der Waals surface area contributed by atoms with Crippen LogP contribution < -0.4 is 4.72 Å². The summed E-state index contributed by atoms with van der Waals surface area (Å²) in [6.45, 7) is 2.31. The number of aromatic nitrogens is 2. The number of pyridine rings is 1. The molecule has 0 amide bonds. The first-order valence-corrected chi connectivity index (χ1v) is 10.4. The van der Waals surface area contributed by atoms with Crippen LogP contribution in [0.2, 0.25) is 0 Å². The molecule has 1 N–H and O–H groups in total. The molecule has 0 atom stereocenters. The highest BCUT2D eigenvalue weighted by Crippen LogP contribution is 2.27. The van der Waals surface area contributed by atoms with Crippen LogP contribution in [-0.4, -0.2) is 24.9 Å². The van der Waals surface area contributed by atoms with Crippen molar-refractivity contribution in [3.63, 3.8) is 0 Å². The van der Waals surface area contributed by atoms with Crippen LogP contribution in [0.4, 0.5) is 0 Å². The number of hydrogen-bond donors (Lipinski definition) is 1. The molecular formula is C18H19N3O2S2. The molecule has 3 rings (SSSR count). The van der Waals surface area contributed by atoms with Crippen molar-refractivity contribution in [2.24, 2.45) is 0 Å². The summed E-state index contributed by atoms with van der Waals surface area (Å²) in [7, 11) is -3.34. The highest BCUT2D eigenvalue weighted by Gasteiger charge is 2.13. The summed E-state index contributed by atoms with van der Waals surface area (Å²) in [4.78, 5) is 9.76. The SMILES string of the molecule is Cc1nc(-c2cccnc2)sc1CCNS(=O)(=O)Cc1ccccc1. The fraction of sp³-hybridized carbons (Fsp3) is 0.222. The Morgan fingerprint density at radius 3 is 2.64 bits per heavy atom. The van der Waals surface area contributed by atoms with Crippen LogP contribution in [0.1, 0.15) is 16.1 Å². The quantitative estimate of drug-likeness (QED) is 0.690. The lowest BCUT2D eigenvalue weighted by Gasteiger charge is -2.06. The minimum atomic E-state index is -3.34. The molecule has 0 spiro atoms. The maximum absolute atomic E-state index is 12.2. The average Bonchev–Trinajstić information content (AvgIpc) is 2.97. The largest absolute Gasteiger partial charge is 0.264 e. The molecular weight excluding hydrogens is 354 g/mol. The van der Waals surface area contributed by atoms with Crippen molar-refractivity contribution in [3.05, 3.63) is 71.0 Å². The number of hydrogen-bond acceptors (Lipinski definition) is 5. The van der Waals surface area contributed by atoms with Crippen LogP contribution in [0.3, 0.4) is 0 Å². The number of nitrogens with zero attached hydrogens (tertiary/aromatic N) is 2. The second-order valence-corrected chi connectivity index (χ2v) is 8.55. The molecule has 0 aliphatic heterocycles. The summed E-state index contributed by atoms with van der Waals surface area (Å²) in [5.74, 6) is -0.00352. The first-order chi connectivity index (χ1) is 12.0. The van der Waals surface area contributed by atoms with Crippen LogP contribution >= 0.6 is 11.3 Å². The number of thiazole rings is 1. The van der Waals surface area contributed by atoms with Crippen LogP contribution in [0.5, 0.6) is 0 Å². The third-order valence-electron chi connectivity index (χ3n) is 3.67. The Morgan fingerprint density at radius 1 is 1.12 bits per heavy atom. The molecule has 5 nitrogen and oxygen atoms in total. The monoisotopic (exact) mass is 373 g/mol. The van der Waals surface area contributed by atoms with Gasteiger partial charge in [0.25, 0.3) is 0 Å². The predicted molar refractivity (Wildman–Crippen MR) is 101 cm³/mol. The fourth-order valence-corrected chi connectivity index (χ4v) is 4.64. The van der Waals surface area contributed by atoms with E-state index in [1.165, 1.54) is 0 Å². The standard InChI is InChI=1S/C18H19N3O2S2/c1-14-17(24-18(21-14)16-8-5-10-19-12-16)9-11-20-25(22,23)13-15-6-3-2-4-7-15/h2-8,10,12,20H,9,11,13H2,1H3. The van der Waals surface area contributed by atoms with Gasteiger partial charge in [-0.2, -0.15) is 0 Å². The van der Waals surface area contributed by atoms with E-state index in [4.69, 9.17) is 0 Å². The molecule has 2 aromatic heterocycles. The van der Waals surface area contributed by atoms with E-state index in [0.717, 1.165) is 26.7 Å². The van der Waals surface area contributed by atoms with Gasteiger partial charge in [-0.3, -0.25) is 4.98 Å². The molecule has 0 saturated heterocycles. The van der Waals surface area contributed by atoms with Crippen LogP contribution in [-0.2, 0) is 22.2 Å². The minimum Gasteiger partial charge on any atom is -0.264 e. The molecule has 7 heteroatoms. The number of aryl methyl sites for hydroxylation is 1. The normalized spacial score (nSPS) is 11.6. The highest BCUT2D eigenvalue weighted by atomic mass is 32.2. The third-order valence-corrected chi connectivity index (χ3v) is 6.30. The lowest BCUT2D eigenvalue weighted by molar-refractivity contribution is 0.581. The fourth-order valence-electron chi connectivity index (χ4n) is 2.44. The van der Waals surface area contributed by atoms with Crippen molar-refractivity contribution in [3.8, 4) is 10.6 Å². The van der Waals surface area contributed by atoms with E-state index in [-0.39, 0.29) is 5.75 Å². The Morgan fingerprint density at radius 2 is 1.92 bits per heavy atom. The Kier molecular flexibility index (Phi) is 5.57. The van der Waals surface area contributed by atoms with Gasteiger partial charge in [0.1, 0.15) is 5.01 Å². The van der Waals surface area contributed by atoms with Crippen molar-refractivity contribution in [1.82, 2.24) is 14.7 Å². The van der Waals surface area contributed by atoms with Gasteiger partial charge in [0, 0.05) is 29.4 Å². The van der Waals surface area contributed by atoms with Crippen LogP contribution in [0.15, 0.2) is 54.9 Å². The molecule has 25 heavy (non-hydrogen) atoms. The molecule has 0 unspecified atom stereocenters. The molecule has 0 bridgehead atoms. The Labute approximate surface area is 151 Å². The number of sulfonamides is 1. The smallest absolute Gasteiger partial charge is 0.215 e. The molecule has 0 fully saturated rings. The summed E-state index contributed by atoms with van der Waals surface area (Å²) in [5.41, 5.74) is 2.69. The third kappa shape index (κ3) is 4.94. The second kappa shape index (κ2) is 7.86. The van der Waals surface area contributed by atoms with E-state index in [2.05, 4.69) is 14.7 Å². The number of nitrogens with one attached hydrogen (secondary N) is 1. The van der Waals surface area contributed by atoms with E-state index < -0.39 is 10.0 Å². The lowest BCUT2D eigenvalue weighted by Crippen LogP contribution is -2.27. The predicted octanol–water partition coefficient (Wildman–Crippen LogP) is 3.18. The maximum atomic E-state index is 12.2. The first kappa shape index (κ1) is 17.7. The minimum absolute atomic E-state index is 0.00352. The Hall–Kier alpha value is -2.09. The van der Waals surface area contributed by atoms with Crippen molar-refractivity contribution < 1.29 is 8.42 Å². The summed E-state index contributed by atoms with van der Waals surface area (Å²) in [5, 5.41) is 0.910. The Bertz CT molecular complexity index is 923. The van der Waals surface area contributed by atoms with Gasteiger partial charge in [-0.1, -0.05) is 30.3 Å². The van der Waals surface area contributed by atoms with E-state index in [9.17, 15) is 8.42 Å². The lowest BCUT2D eigenvalue weighted by atomic mass is 10.2. The van der Waals surface area contributed by atoms with Gasteiger partial charge in [-0.25, -0.2) is 18.1 Å². The van der Waals surface area contributed by atoms with E-state index in [1.807, 2.05) is 49.4 Å². The van der Waals surface area contributed by atoms with Crippen molar-refractivity contribution in [2.45, 2.75) is 19.1 Å². The summed E-state index contributed by atoms with van der Waals surface area (Å²) in [6, 6.07) is 13.0. The van der Waals surface area contributed by atoms with Gasteiger partial charge < -0.3 is 0 Å². The highest BCUT2D eigenvalue weighted by molar-refractivity contribution is 7.88. The summed E-state index contributed by atoms with van der Waals surface area (Å²) in [6.07, 6.45) is 4.13. The second-order valence-electron chi connectivity index (χ2n) is 5.66. The number of benzene rings is 1. The average molecular weight is 374 g/mol. The molecule has 0 aliphatic carbocycles. The van der Waals surface area contributed by atoms with Gasteiger partial charge in [-0.15, -0.1) is 11.3 Å². The van der Waals surface area contributed by atoms with Crippen molar-refractivity contribution >= 4 is 21.4 Å². The zero-order valence-corrected chi connectivity index (χ0v) is 15.5. The van der Waals surface area contributed by atoms with E-state index in [1.54, 1.807) is 23.7 Å². The summed E-state index contributed by atoms with van der Waals surface area (Å²) >= 11 is 1.58. The maximum Gasteiger partial charge on any atom is 0.215 e. The van der Waals surface area contributed by atoms with Gasteiger partial charge in [-0.05, 0) is 31.0 Å². The van der Waals surface area contributed by atoms with Crippen molar-refractivity contribution in [2.75, 3.05) is 6.54 Å². The van der Waals surface area contributed by atoms with Gasteiger partial charge in [0.2, 0.25) is 10.0 Å². The first-order valence-electron chi connectivity index (χ1n) is 7.91. The zero-order valence-electron chi connectivity index (χ0n) is 13.8. The van der Waals surface area contributed by atoms with Gasteiger partial charge in [0.05, 0.1) is 11.4 Å². The molecule has 0 aliphatic rings. The molecule has 3 aromatic rings. The van der Waals surface area contributed by atoms with E-state index >= 15 is 0 Å². The molecule has 0 saturated carbocycles. The topological polar surface area (TPSA) is 72.0 Å². The summed E-state index contributed by atoms with van der Waals surface area (Å²) < 4.78 is 27.0. The zero-order chi connectivity index (χ0) is 17.7. The van der Waals surface area contributed by atoms with Crippen molar-refractivity contribution in [1.29, 1.82) is 0 Å². The molecule has 2 heterocycles. The van der Waals surface area contributed by atoms with Gasteiger partial charge in [0.15, 0.2) is 0 Å².